The number of hydrogen-bond donors (Lipinski definition) is 2. The first kappa shape index (κ1) is 19.4. The molecule has 6 nitrogen and oxygen atoms in total. The molecule has 1 aromatic heterocycles. The van der Waals surface area contributed by atoms with Crippen LogP contribution in [-0.2, 0) is 24.2 Å². The summed E-state index contributed by atoms with van der Waals surface area (Å²) in [5.41, 5.74) is 2.98. The van der Waals surface area contributed by atoms with Crippen LogP contribution in [0.25, 0.3) is 0 Å². The summed E-state index contributed by atoms with van der Waals surface area (Å²) in [6, 6.07) is 7.37. The Hall–Kier alpha value is -2.34. The number of amides is 2. The van der Waals surface area contributed by atoms with E-state index in [1.807, 2.05) is 18.2 Å². The van der Waals surface area contributed by atoms with Crippen molar-refractivity contribution in [3.63, 3.8) is 0 Å². The minimum atomic E-state index is -0.177. The minimum Gasteiger partial charge on any atom is -0.351 e. The zero-order valence-corrected chi connectivity index (χ0v) is 16.3. The van der Waals surface area contributed by atoms with Gasteiger partial charge in [0.2, 0.25) is 5.91 Å². The van der Waals surface area contributed by atoms with Gasteiger partial charge in [-0.1, -0.05) is 49.6 Å². The number of aromatic nitrogens is 2. The fourth-order valence-corrected chi connectivity index (χ4v) is 3.48. The zero-order valence-electron chi connectivity index (χ0n) is 15.6. The van der Waals surface area contributed by atoms with Gasteiger partial charge in [-0.15, -0.1) is 0 Å². The number of nitrogens with one attached hydrogen (secondary N) is 2. The van der Waals surface area contributed by atoms with Crippen molar-refractivity contribution in [1.29, 1.82) is 0 Å². The monoisotopic (exact) mass is 388 g/mol. The molecule has 1 aromatic carbocycles. The van der Waals surface area contributed by atoms with E-state index in [0.717, 1.165) is 36.1 Å². The van der Waals surface area contributed by atoms with Gasteiger partial charge in [0.1, 0.15) is 0 Å². The molecule has 2 heterocycles. The Morgan fingerprint density at radius 3 is 2.89 bits per heavy atom. The van der Waals surface area contributed by atoms with E-state index in [1.165, 1.54) is 0 Å². The maximum absolute atomic E-state index is 12.7. The van der Waals surface area contributed by atoms with Crippen molar-refractivity contribution in [2.45, 2.75) is 45.6 Å². The topological polar surface area (TPSA) is 78.1 Å². The van der Waals surface area contributed by atoms with Crippen LogP contribution in [0.1, 0.15) is 53.5 Å². The zero-order chi connectivity index (χ0) is 19.2. The van der Waals surface area contributed by atoms with Crippen LogP contribution in [0, 0.1) is 0 Å². The SMILES string of the molecule is CCCCCNC(=O)c1n[nH]c2c1CN(C(=O)Cc1ccccc1Cl)CC2. The number of nitrogens with zero attached hydrogens (tertiary/aromatic N) is 2. The summed E-state index contributed by atoms with van der Waals surface area (Å²) < 4.78 is 0. The van der Waals surface area contributed by atoms with Crippen molar-refractivity contribution in [3.05, 3.63) is 51.8 Å². The summed E-state index contributed by atoms with van der Waals surface area (Å²) >= 11 is 6.17. The normalized spacial score (nSPS) is 13.3. The Balaban J connectivity index is 1.65. The molecule has 0 saturated heterocycles. The lowest BCUT2D eigenvalue weighted by atomic mass is 10.0. The van der Waals surface area contributed by atoms with Crippen molar-refractivity contribution < 1.29 is 9.59 Å². The van der Waals surface area contributed by atoms with Gasteiger partial charge in [0.15, 0.2) is 5.69 Å². The molecular formula is C20H25ClN4O2. The molecule has 2 N–H and O–H groups in total. The van der Waals surface area contributed by atoms with E-state index in [1.54, 1.807) is 11.0 Å². The second-order valence-corrected chi connectivity index (χ2v) is 7.23. The third kappa shape index (κ3) is 4.69. The molecule has 2 aromatic rings. The van der Waals surface area contributed by atoms with Gasteiger partial charge in [-0.3, -0.25) is 14.7 Å². The highest BCUT2D eigenvalue weighted by atomic mass is 35.5. The number of carbonyl (C=O) groups excluding carboxylic acids is 2. The van der Waals surface area contributed by atoms with E-state index in [0.29, 0.717) is 36.8 Å². The number of unbranched alkanes of at least 4 members (excludes halogenated alkanes) is 2. The summed E-state index contributed by atoms with van der Waals surface area (Å²) in [7, 11) is 0. The number of halogens is 1. The van der Waals surface area contributed by atoms with Crippen molar-refractivity contribution in [2.75, 3.05) is 13.1 Å². The molecule has 0 fully saturated rings. The Morgan fingerprint density at radius 2 is 2.11 bits per heavy atom. The molecule has 27 heavy (non-hydrogen) atoms. The Kier molecular flexibility index (Phi) is 6.50. The maximum Gasteiger partial charge on any atom is 0.272 e. The van der Waals surface area contributed by atoms with Crippen LogP contribution < -0.4 is 5.32 Å². The average Bonchev–Trinajstić information content (AvgIpc) is 3.10. The van der Waals surface area contributed by atoms with Gasteiger partial charge in [-0.05, 0) is 18.1 Å². The molecular weight excluding hydrogens is 364 g/mol. The highest BCUT2D eigenvalue weighted by molar-refractivity contribution is 6.31. The first-order chi connectivity index (χ1) is 13.1. The van der Waals surface area contributed by atoms with E-state index < -0.39 is 0 Å². The average molecular weight is 389 g/mol. The van der Waals surface area contributed by atoms with Gasteiger partial charge >= 0.3 is 0 Å². The number of rotatable bonds is 7. The quantitative estimate of drug-likeness (QED) is 0.715. The van der Waals surface area contributed by atoms with Crippen LogP contribution in [0.2, 0.25) is 5.02 Å². The predicted octanol–water partition coefficient (Wildman–Crippen LogP) is 3.11. The molecule has 144 valence electrons. The molecule has 0 aliphatic carbocycles. The summed E-state index contributed by atoms with van der Waals surface area (Å²) in [4.78, 5) is 26.9. The highest BCUT2D eigenvalue weighted by Gasteiger charge is 2.27. The van der Waals surface area contributed by atoms with E-state index in [2.05, 4.69) is 22.4 Å². The van der Waals surface area contributed by atoms with Crippen LogP contribution >= 0.6 is 11.6 Å². The van der Waals surface area contributed by atoms with E-state index >= 15 is 0 Å². The number of hydrogen-bond acceptors (Lipinski definition) is 3. The van der Waals surface area contributed by atoms with Crippen LogP contribution in [0.4, 0.5) is 0 Å². The third-order valence-corrected chi connectivity index (χ3v) is 5.24. The summed E-state index contributed by atoms with van der Waals surface area (Å²) in [5.74, 6) is -0.173. The number of aromatic amines is 1. The fourth-order valence-electron chi connectivity index (χ4n) is 3.27. The third-order valence-electron chi connectivity index (χ3n) is 4.87. The fraction of sp³-hybridized carbons (Fsp3) is 0.450. The number of benzene rings is 1. The molecule has 0 unspecified atom stereocenters. The Morgan fingerprint density at radius 1 is 1.30 bits per heavy atom. The second kappa shape index (κ2) is 9.04. The molecule has 0 atom stereocenters. The van der Waals surface area contributed by atoms with Gasteiger partial charge in [-0.2, -0.15) is 5.10 Å². The summed E-state index contributed by atoms with van der Waals surface area (Å²) in [6.07, 6.45) is 4.07. The molecule has 0 saturated carbocycles. The van der Waals surface area contributed by atoms with Gasteiger partial charge in [0.25, 0.3) is 5.91 Å². The standard InChI is InChI=1S/C20H25ClN4O2/c1-2-3-6-10-22-20(27)19-15-13-25(11-9-17(15)23-24-19)18(26)12-14-7-4-5-8-16(14)21/h4-5,7-8H,2-3,6,9-13H2,1H3,(H,22,27)(H,23,24). The number of fused-ring (bicyclic) bond motifs is 1. The molecule has 0 radical (unpaired) electrons. The Labute approximate surface area is 164 Å². The van der Waals surface area contributed by atoms with Gasteiger partial charge in [-0.25, -0.2) is 0 Å². The summed E-state index contributed by atoms with van der Waals surface area (Å²) in [5, 5.41) is 10.7. The van der Waals surface area contributed by atoms with Gasteiger partial charge in [0.05, 0.1) is 6.42 Å². The van der Waals surface area contributed by atoms with E-state index in [-0.39, 0.29) is 18.2 Å². The smallest absolute Gasteiger partial charge is 0.272 e. The predicted molar refractivity (Wildman–Crippen MR) is 105 cm³/mol. The molecule has 3 rings (SSSR count). The number of carbonyl (C=O) groups is 2. The van der Waals surface area contributed by atoms with Gasteiger partial charge < -0.3 is 10.2 Å². The molecule has 1 aliphatic rings. The van der Waals surface area contributed by atoms with Gasteiger partial charge in [0, 0.05) is 42.3 Å². The molecule has 0 bridgehead atoms. The minimum absolute atomic E-state index is 0.00394. The van der Waals surface area contributed by atoms with Crippen LogP contribution in [-0.4, -0.2) is 40.0 Å². The second-order valence-electron chi connectivity index (χ2n) is 6.83. The maximum atomic E-state index is 12.7. The van der Waals surface area contributed by atoms with Crippen LogP contribution in [0.3, 0.4) is 0 Å². The molecule has 1 aliphatic heterocycles. The first-order valence-corrected chi connectivity index (χ1v) is 9.83. The van der Waals surface area contributed by atoms with Crippen LogP contribution in [0.5, 0.6) is 0 Å². The highest BCUT2D eigenvalue weighted by Crippen LogP contribution is 2.22. The molecule has 2 amide bonds. The summed E-state index contributed by atoms with van der Waals surface area (Å²) in [6.45, 7) is 3.77. The lowest BCUT2D eigenvalue weighted by Gasteiger charge is -2.27. The lowest BCUT2D eigenvalue weighted by Crippen LogP contribution is -2.37. The van der Waals surface area contributed by atoms with Crippen molar-refractivity contribution in [3.8, 4) is 0 Å². The molecule has 0 spiro atoms. The Bertz CT molecular complexity index is 818. The molecule has 7 heteroatoms. The van der Waals surface area contributed by atoms with E-state index in [9.17, 15) is 9.59 Å². The van der Waals surface area contributed by atoms with E-state index in [4.69, 9.17) is 11.6 Å². The largest absolute Gasteiger partial charge is 0.351 e. The van der Waals surface area contributed by atoms with Crippen LogP contribution in [0.15, 0.2) is 24.3 Å². The van der Waals surface area contributed by atoms with Crippen molar-refractivity contribution in [1.82, 2.24) is 20.4 Å². The lowest BCUT2D eigenvalue weighted by molar-refractivity contribution is -0.131. The van der Waals surface area contributed by atoms with Crippen molar-refractivity contribution >= 4 is 23.4 Å². The van der Waals surface area contributed by atoms with Crippen molar-refractivity contribution in [2.24, 2.45) is 0 Å². The number of H-pyrrole nitrogens is 1. The first-order valence-electron chi connectivity index (χ1n) is 9.45.